The smallest absolute Gasteiger partial charge is 0.0931 e. The van der Waals surface area contributed by atoms with Crippen LogP contribution in [0.4, 0.5) is 0 Å². The van der Waals surface area contributed by atoms with Crippen LogP contribution in [0.5, 0.6) is 0 Å². The molecule has 0 spiro atoms. The van der Waals surface area contributed by atoms with Crippen LogP contribution in [0.2, 0.25) is 4.34 Å². The third-order valence-corrected chi connectivity index (χ3v) is 5.19. The summed E-state index contributed by atoms with van der Waals surface area (Å²) in [7, 11) is 0. The molecule has 1 atom stereocenters. The lowest BCUT2D eigenvalue weighted by molar-refractivity contribution is 0.386. The van der Waals surface area contributed by atoms with E-state index in [1.165, 1.54) is 28.8 Å². The number of halogens is 1. The number of hydrogen-bond acceptors (Lipinski definition) is 2. The summed E-state index contributed by atoms with van der Waals surface area (Å²) in [4.78, 5) is 1.37. The first-order chi connectivity index (χ1) is 9.28. The van der Waals surface area contributed by atoms with E-state index < -0.39 is 0 Å². The van der Waals surface area contributed by atoms with Gasteiger partial charge in [-0.2, -0.15) is 0 Å². The molecule has 3 heteroatoms. The van der Waals surface area contributed by atoms with Gasteiger partial charge in [0.1, 0.15) is 0 Å². The predicted molar refractivity (Wildman–Crippen MR) is 83.1 cm³/mol. The Balaban J connectivity index is 1.83. The van der Waals surface area contributed by atoms with Crippen molar-refractivity contribution in [3.8, 4) is 0 Å². The van der Waals surface area contributed by atoms with Crippen LogP contribution in [0, 0.1) is 5.92 Å². The lowest BCUT2D eigenvalue weighted by Crippen LogP contribution is -2.28. The van der Waals surface area contributed by atoms with Gasteiger partial charge in [-0.05, 0) is 48.6 Å². The third kappa shape index (κ3) is 2.71. The van der Waals surface area contributed by atoms with E-state index in [1.807, 2.05) is 6.07 Å². The minimum absolute atomic E-state index is 0.426. The summed E-state index contributed by atoms with van der Waals surface area (Å²) < 4.78 is 0.883. The highest BCUT2D eigenvalue weighted by Crippen LogP contribution is 2.38. The minimum Gasteiger partial charge on any atom is -0.309 e. The summed E-state index contributed by atoms with van der Waals surface area (Å²) in [5.41, 5.74) is 3.02. The van der Waals surface area contributed by atoms with Gasteiger partial charge in [-0.1, -0.05) is 42.8 Å². The van der Waals surface area contributed by atoms with Crippen LogP contribution in [-0.2, 0) is 12.8 Å². The third-order valence-electron chi connectivity index (χ3n) is 3.88. The number of thiophene rings is 1. The van der Waals surface area contributed by atoms with Crippen molar-refractivity contribution in [3.05, 3.63) is 56.7 Å². The van der Waals surface area contributed by atoms with Gasteiger partial charge in [-0.15, -0.1) is 11.3 Å². The highest BCUT2D eigenvalue weighted by atomic mass is 35.5. The zero-order chi connectivity index (χ0) is 13.2. The van der Waals surface area contributed by atoms with Gasteiger partial charge in [0.25, 0.3) is 0 Å². The van der Waals surface area contributed by atoms with Gasteiger partial charge in [0.15, 0.2) is 0 Å². The van der Waals surface area contributed by atoms with Crippen LogP contribution in [0.25, 0.3) is 0 Å². The van der Waals surface area contributed by atoms with Gasteiger partial charge in [0, 0.05) is 10.9 Å². The van der Waals surface area contributed by atoms with E-state index in [0.29, 0.717) is 12.0 Å². The maximum atomic E-state index is 6.09. The van der Waals surface area contributed by atoms with Crippen LogP contribution < -0.4 is 5.32 Å². The first-order valence-corrected chi connectivity index (χ1v) is 8.02. The fraction of sp³-hybridized carbons (Fsp3) is 0.375. The number of fused-ring (bicyclic) bond motifs is 1. The van der Waals surface area contributed by atoms with E-state index in [-0.39, 0.29) is 0 Å². The molecule has 1 aliphatic carbocycles. The second-order valence-corrected chi connectivity index (χ2v) is 6.86. The van der Waals surface area contributed by atoms with E-state index in [0.717, 1.165) is 10.9 Å². The molecule has 0 fully saturated rings. The quantitative estimate of drug-likeness (QED) is 0.876. The van der Waals surface area contributed by atoms with Crippen molar-refractivity contribution in [2.45, 2.75) is 25.8 Å². The van der Waals surface area contributed by atoms with Gasteiger partial charge in [-0.3, -0.25) is 0 Å². The lowest BCUT2D eigenvalue weighted by Gasteiger charge is -2.23. The monoisotopic (exact) mass is 291 g/mol. The molecule has 1 N–H and O–H groups in total. The lowest BCUT2D eigenvalue weighted by atomic mass is 9.95. The molecule has 1 nitrogen and oxygen atoms in total. The second-order valence-electron chi connectivity index (χ2n) is 5.11. The molecule has 100 valence electrons. The maximum Gasteiger partial charge on any atom is 0.0931 e. The molecule has 19 heavy (non-hydrogen) atoms. The average Bonchev–Trinajstić information content (AvgIpc) is 3.01. The molecule has 3 rings (SSSR count). The van der Waals surface area contributed by atoms with Crippen LogP contribution in [0.3, 0.4) is 0 Å². The summed E-state index contributed by atoms with van der Waals surface area (Å²) in [6.45, 7) is 3.16. The number of rotatable bonds is 4. The Morgan fingerprint density at radius 2 is 1.89 bits per heavy atom. The molecule has 1 heterocycles. The van der Waals surface area contributed by atoms with Crippen molar-refractivity contribution in [2.75, 3.05) is 6.54 Å². The standard InChI is InChI=1S/C16H18ClNS/c1-2-18-16(14-7-8-15(17)19-14)13-9-11-5-3-4-6-12(11)10-13/h3-8,13,16,18H,2,9-10H2,1H3. The first-order valence-electron chi connectivity index (χ1n) is 6.83. The van der Waals surface area contributed by atoms with Crippen molar-refractivity contribution in [1.82, 2.24) is 5.32 Å². The van der Waals surface area contributed by atoms with Crippen LogP contribution >= 0.6 is 22.9 Å². The molecule has 1 unspecified atom stereocenters. The average molecular weight is 292 g/mol. The normalized spacial score (nSPS) is 16.5. The molecular formula is C16H18ClNS. The van der Waals surface area contributed by atoms with Crippen LogP contribution in [0.1, 0.15) is 29.0 Å². The van der Waals surface area contributed by atoms with Gasteiger partial charge in [0.2, 0.25) is 0 Å². The summed E-state index contributed by atoms with van der Waals surface area (Å²) in [6.07, 6.45) is 2.34. The molecule has 0 aliphatic heterocycles. The van der Waals surface area contributed by atoms with Gasteiger partial charge < -0.3 is 5.32 Å². The Hall–Kier alpha value is -0.830. The second kappa shape index (κ2) is 5.66. The van der Waals surface area contributed by atoms with Gasteiger partial charge in [0.05, 0.1) is 4.34 Å². The largest absolute Gasteiger partial charge is 0.309 e. The summed E-state index contributed by atoms with van der Waals surface area (Å²) >= 11 is 7.80. The van der Waals surface area contributed by atoms with E-state index in [4.69, 9.17) is 11.6 Å². The number of benzene rings is 1. The van der Waals surface area contributed by atoms with E-state index >= 15 is 0 Å². The molecule has 0 saturated carbocycles. The molecule has 0 radical (unpaired) electrons. The van der Waals surface area contributed by atoms with Crippen molar-refractivity contribution in [3.63, 3.8) is 0 Å². The Labute approximate surface area is 123 Å². The minimum atomic E-state index is 0.426. The Morgan fingerprint density at radius 1 is 1.21 bits per heavy atom. The van der Waals surface area contributed by atoms with Crippen LogP contribution in [-0.4, -0.2) is 6.54 Å². The summed E-state index contributed by atoms with van der Waals surface area (Å²) in [5, 5.41) is 3.64. The molecule has 2 aromatic rings. The topological polar surface area (TPSA) is 12.0 Å². The van der Waals surface area contributed by atoms with Gasteiger partial charge in [-0.25, -0.2) is 0 Å². The SMILES string of the molecule is CCNC(c1ccc(Cl)s1)C1Cc2ccccc2C1. The van der Waals surface area contributed by atoms with E-state index in [1.54, 1.807) is 11.3 Å². The zero-order valence-corrected chi connectivity index (χ0v) is 12.6. The number of hydrogen-bond donors (Lipinski definition) is 1. The van der Waals surface area contributed by atoms with Crippen LogP contribution in [0.15, 0.2) is 36.4 Å². The summed E-state index contributed by atoms with van der Waals surface area (Å²) in [6, 6.07) is 13.4. The maximum absolute atomic E-state index is 6.09. The van der Waals surface area contributed by atoms with Crippen molar-refractivity contribution >= 4 is 22.9 Å². The fourth-order valence-electron chi connectivity index (χ4n) is 3.04. The zero-order valence-electron chi connectivity index (χ0n) is 11.0. The summed E-state index contributed by atoms with van der Waals surface area (Å²) in [5.74, 6) is 0.645. The fourth-order valence-corrected chi connectivity index (χ4v) is 4.27. The van der Waals surface area contributed by atoms with Crippen molar-refractivity contribution in [2.24, 2.45) is 5.92 Å². The first kappa shape index (κ1) is 13.2. The Bertz CT molecular complexity index is 538. The molecule has 1 aromatic heterocycles. The Morgan fingerprint density at radius 3 is 2.42 bits per heavy atom. The van der Waals surface area contributed by atoms with E-state index in [9.17, 15) is 0 Å². The van der Waals surface area contributed by atoms with Crippen molar-refractivity contribution < 1.29 is 0 Å². The van der Waals surface area contributed by atoms with Gasteiger partial charge >= 0.3 is 0 Å². The molecule has 0 bridgehead atoms. The highest BCUT2D eigenvalue weighted by Gasteiger charge is 2.29. The molecule has 0 amide bonds. The van der Waals surface area contributed by atoms with Crippen molar-refractivity contribution in [1.29, 1.82) is 0 Å². The molecule has 1 aromatic carbocycles. The predicted octanol–water partition coefficient (Wildman–Crippen LogP) is 4.47. The van der Waals surface area contributed by atoms with E-state index in [2.05, 4.69) is 42.6 Å². The Kier molecular flexibility index (Phi) is 3.92. The molecular weight excluding hydrogens is 274 g/mol. The molecule has 0 saturated heterocycles. The number of nitrogens with one attached hydrogen (secondary N) is 1. The molecule has 1 aliphatic rings. The highest BCUT2D eigenvalue weighted by molar-refractivity contribution is 7.16.